The van der Waals surface area contributed by atoms with Crippen LogP contribution in [0.3, 0.4) is 0 Å². The van der Waals surface area contributed by atoms with Gasteiger partial charge in [-0.2, -0.15) is 0 Å². The van der Waals surface area contributed by atoms with Crippen LogP contribution in [0.2, 0.25) is 0 Å². The number of aromatic nitrogens is 2. The number of pyridine rings is 1. The number of nitrogens with zero attached hydrogens (tertiary/aromatic N) is 2. The summed E-state index contributed by atoms with van der Waals surface area (Å²) in [5.74, 6) is 0.837. The van der Waals surface area contributed by atoms with Gasteiger partial charge in [0.05, 0.1) is 12.5 Å². The zero-order valence-electron chi connectivity index (χ0n) is 14.1. The van der Waals surface area contributed by atoms with Gasteiger partial charge in [0.15, 0.2) is 0 Å². The molecule has 0 atom stereocenters. The second kappa shape index (κ2) is 6.55. The van der Waals surface area contributed by atoms with E-state index in [1.165, 1.54) is 6.08 Å². The van der Waals surface area contributed by atoms with Gasteiger partial charge in [-0.15, -0.1) is 0 Å². The van der Waals surface area contributed by atoms with Crippen LogP contribution in [0.5, 0.6) is 11.5 Å². The van der Waals surface area contributed by atoms with Gasteiger partial charge in [0.25, 0.3) is 0 Å². The number of fused-ring (bicyclic) bond motifs is 1. The highest BCUT2D eigenvalue weighted by Crippen LogP contribution is 2.32. The SMILES string of the molecule is C=CC(=O)N[C@H]1C[C@H](Oc2cc(-c3ccc(O)cc3)cn3cncc23)C1. The lowest BCUT2D eigenvalue weighted by Gasteiger charge is -2.35. The van der Waals surface area contributed by atoms with Crippen molar-refractivity contribution in [3.05, 3.63) is 61.7 Å². The number of carbonyl (C=O) groups is 1. The molecule has 1 aliphatic rings. The van der Waals surface area contributed by atoms with E-state index >= 15 is 0 Å². The molecule has 0 saturated heterocycles. The lowest BCUT2D eigenvalue weighted by atomic mass is 9.89. The van der Waals surface area contributed by atoms with Crippen molar-refractivity contribution in [1.82, 2.24) is 14.7 Å². The lowest BCUT2D eigenvalue weighted by molar-refractivity contribution is -0.118. The number of hydrogen-bond donors (Lipinski definition) is 2. The van der Waals surface area contributed by atoms with Crippen LogP contribution in [-0.2, 0) is 4.79 Å². The van der Waals surface area contributed by atoms with Crippen LogP contribution < -0.4 is 10.1 Å². The number of imidazole rings is 1. The molecule has 0 radical (unpaired) electrons. The van der Waals surface area contributed by atoms with Gasteiger partial charge in [0, 0.05) is 30.6 Å². The predicted molar refractivity (Wildman–Crippen MR) is 98.1 cm³/mol. The van der Waals surface area contributed by atoms with E-state index in [0.29, 0.717) is 0 Å². The fraction of sp³-hybridized carbons (Fsp3) is 0.200. The lowest BCUT2D eigenvalue weighted by Crippen LogP contribution is -2.48. The number of phenolic OH excluding ortho intramolecular Hbond substituents is 1. The summed E-state index contributed by atoms with van der Waals surface area (Å²) in [6, 6.07) is 9.16. The van der Waals surface area contributed by atoms with Crippen LogP contribution in [-0.4, -0.2) is 32.5 Å². The fourth-order valence-electron chi connectivity index (χ4n) is 3.13. The van der Waals surface area contributed by atoms with E-state index in [-0.39, 0.29) is 23.8 Å². The third-order valence-electron chi connectivity index (χ3n) is 4.60. The molecule has 2 N–H and O–H groups in total. The number of phenols is 1. The molecule has 0 bridgehead atoms. The Hall–Kier alpha value is -3.28. The molecular formula is C20H19N3O3. The molecule has 1 aromatic carbocycles. The van der Waals surface area contributed by atoms with Gasteiger partial charge in [0.1, 0.15) is 23.1 Å². The molecule has 2 aromatic heterocycles. The van der Waals surface area contributed by atoms with Crippen LogP contribution in [0, 0.1) is 0 Å². The first-order chi connectivity index (χ1) is 12.6. The van der Waals surface area contributed by atoms with Crippen molar-refractivity contribution in [3.63, 3.8) is 0 Å². The number of benzene rings is 1. The minimum atomic E-state index is -0.152. The van der Waals surface area contributed by atoms with E-state index in [4.69, 9.17) is 4.74 Å². The molecule has 132 valence electrons. The van der Waals surface area contributed by atoms with Crippen molar-refractivity contribution in [1.29, 1.82) is 0 Å². The van der Waals surface area contributed by atoms with Crippen LogP contribution in [0.4, 0.5) is 0 Å². The van der Waals surface area contributed by atoms with E-state index in [1.54, 1.807) is 24.7 Å². The standard InChI is InChI=1S/C20H19N3O3/c1-2-20(25)22-15-8-17(9-15)26-19-7-14(11-23-12-21-10-18(19)23)13-3-5-16(24)6-4-13/h2-7,10-12,15,17,24H,1,8-9H2,(H,22,25)/t15-,17-. The van der Waals surface area contributed by atoms with Gasteiger partial charge < -0.3 is 19.6 Å². The first-order valence-electron chi connectivity index (χ1n) is 8.47. The first kappa shape index (κ1) is 16.2. The average Bonchev–Trinajstić information content (AvgIpc) is 3.09. The van der Waals surface area contributed by atoms with Crippen molar-refractivity contribution in [2.45, 2.75) is 25.0 Å². The second-order valence-electron chi connectivity index (χ2n) is 6.45. The Labute approximate surface area is 150 Å². The van der Waals surface area contributed by atoms with E-state index in [0.717, 1.165) is 35.2 Å². The Kier molecular flexibility index (Phi) is 4.08. The minimum Gasteiger partial charge on any atom is -0.508 e. The van der Waals surface area contributed by atoms with E-state index in [2.05, 4.69) is 16.9 Å². The molecule has 1 amide bonds. The molecule has 6 nitrogen and oxygen atoms in total. The molecule has 4 rings (SSSR count). The van der Waals surface area contributed by atoms with Crippen LogP contribution in [0.25, 0.3) is 16.6 Å². The Bertz CT molecular complexity index is 956. The van der Waals surface area contributed by atoms with Crippen molar-refractivity contribution >= 4 is 11.4 Å². The molecule has 3 aromatic rings. The predicted octanol–water partition coefficient (Wildman–Crippen LogP) is 2.92. The summed E-state index contributed by atoms with van der Waals surface area (Å²) in [5.41, 5.74) is 2.85. The van der Waals surface area contributed by atoms with Gasteiger partial charge in [-0.3, -0.25) is 4.79 Å². The number of amides is 1. The number of carbonyl (C=O) groups excluding carboxylic acids is 1. The maximum atomic E-state index is 11.3. The number of aromatic hydroxyl groups is 1. The molecule has 2 heterocycles. The van der Waals surface area contributed by atoms with E-state index in [9.17, 15) is 9.90 Å². The number of hydrogen-bond acceptors (Lipinski definition) is 4. The monoisotopic (exact) mass is 349 g/mol. The van der Waals surface area contributed by atoms with Gasteiger partial charge in [-0.25, -0.2) is 4.98 Å². The normalized spacial score (nSPS) is 18.9. The highest BCUT2D eigenvalue weighted by atomic mass is 16.5. The summed E-state index contributed by atoms with van der Waals surface area (Å²) in [6.07, 6.45) is 8.36. The summed E-state index contributed by atoms with van der Waals surface area (Å²) in [6.45, 7) is 3.46. The topological polar surface area (TPSA) is 75.9 Å². The molecule has 1 fully saturated rings. The summed E-state index contributed by atoms with van der Waals surface area (Å²) in [7, 11) is 0. The molecular weight excluding hydrogens is 330 g/mol. The summed E-state index contributed by atoms with van der Waals surface area (Å²) < 4.78 is 8.09. The van der Waals surface area contributed by atoms with E-state index in [1.807, 2.05) is 28.8 Å². The number of rotatable bonds is 5. The fourth-order valence-corrected chi connectivity index (χ4v) is 3.13. The Morgan fingerprint density at radius 3 is 2.81 bits per heavy atom. The van der Waals surface area contributed by atoms with Crippen LogP contribution in [0.15, 0.2) is 61.7 Å². The van der Waals surface area contributed by atoms with Gasteiger partial charge >= 0.3 is 0 Å². The average molecular weight is 349 g/mol. The third kappa shape index (κ3) is 3.13. The molecule has 6 heteroatoms. The molecule has 0 unspecified atom stereocenters. The number of ether oxygens (including phenoxy) is 1. The highest BCUT2D eigenvalue weighted by Gasteiger charge is 2.32. The first-order valence-corrected chi connectivity index (χ1v) is 8.47. The highest BCUT2D eigenvalue weighted by molar-refractivity contribution is 5.87. The quantitative estimate of drug-likeness (QED) is 0.695. The summed E-state index contributed by atoms with van der Waals surface area (Å²) >= 11 is 0. The van der Waals surface area contributed by atoms with Gasteiger partial charge in [-0.1, -0.05) is 18.7 Å². The van der Waals surface area contributed by atoms with E-state index < -0.39 is 0 Å². The summed E-state index contributed by atoms with van der Waals surface area (Å²) in [5, 5.41) is 12.4. The van der Waals surface area contributed by atoms with Crippen LogP contribution in [0.1, 0.15) is 12.8 Å². The molecule has 0 spiro atoms. The maximum absolute atomic E-state index is 11.3. The van der Waals surface area contributed by atoms with Gasteiger partial charge in [-0.05, 0) is 29.8 Å². The zero-order valence-corrected chi connectivity index (χ0v) is 14.1. The van der Waals surface area contributed by atoms with Crippen molar-refractivity contribution < 1.29 is 14.6 Å². The van der Waals surface area contributed by atoms with Crippen molar-refractivity contribution in [3.8, 4) is 22.6 Å². The molecule has 1 saturated carbocycles. The van der Waals surface area contributed by atoms with Crippen LogP contribution >= 0.6 is 0 Å². The number of nitrogens with one attached hydrogen (secondary N) is 1. The second-order valence-corrected chi connectivity index (χ2v) is 6.45. The maximum Gasteiger partial charge on any atom is 0.243 e. The molecule has 26 heavy (non-hydrogen) atoms. The largest absolute Gasteiger partial charge is 0.508 e. The minimum absolute atomic E-state index is 0.0545. The van der Waals surface area contributed by atoms with Crippen molar-refractivity contribution in [2.75, 3.05) is 0 Å². The smallest absolute Gasteiger partial charge is 0.243 e. The Morgan fingerprint density at radius 2 is 2.08 bits per heavy atom. The molecule has 1 aliphatic carbocycles. The Morgan fingerprint density at radius 1 is 1.31 bits per heavy atom. The van der Waals surface area contributed by atoms with Gasteiger partial charge in [0.2, 0.25) is 5.91 Å². The zero-order chi connectivity index (χ0) is 18.1. The Balaban J connectivity index is 1.55. The molecule has 0 aliphatic heterocycles. The third-order valence-corrected chi connectivity index (χ3v) is 4.60. The summed E-state index contributed by atoms with van der Waals surface area (Å²) in [4.78, 5) is 15.5. The van der Waals surface area contributed by atoms with Crippen molar-refractivity contribution in [2.24, 2.45) is 0 Å².